The number of carbonyl (C=O) groups excluding carboxylic acids is 1. The van der Waals surface area contributed by atoms with Crippen LogP contribution < -0.4 is 14.5 Å². The summed E-state index contributed by atoms with van der Waals surface area (Å²) < 4.78 is 12.0. The van der Waals surface area contributed by atoms with Crippen LogP contribution in [0.15, 0.2) is 60.8 Å². The quantitative estimate of drug-likeness (QED) is 0.515. The molecule has 3 aromatic rings. The zero-order valence-electron chi connectivity index (χ0n) is 19.3. The van der Waals surface area contributed by atoms with E-state index in [9.17, 15) is 4.79 Å². The number of pyridine rings is 1. The molecule has 2 aromatic carbocycles. The number of rotatable bonds is 7. The van der Waals surface area contributed by atoms with Gasteiger partial charge in [-0.15, -0.1) is 0 Å². The Balaban J connectivity index is 1.96. The fraction of sp³-hybridized carbons (Fsp3) is 0.308. The highest BCUT2D eigenvalue weighted by molar-refractivity contribution is 5.94. The molecule has 0 N–H and O–H groups in total. The lowest BCUT2D eigenvalue weighted by Gasteiger charge is -2.32. The van der Waals surface area contributed by atoms with E-state index in [2.05, 4.69) is 35.9 Å². The van der Waals surface area contributed by atoms with Gasteiger partial charge in [0.25, 0.3) is 0 Å². The summed E-state index contributed by atoms with van der Waals surface area (Å²) in [6, 6.07) is 17.9. The molecule has 1 aliphatic heterocycles. The molecule has 0 saturated carbocycles. The predicted molar refractivity (Wildman–Crippen MR) is 127 cm³/mol. The minimum absolute atomic E-state index is 0.332. The van der Waals surface area contributed by atoms with Crippen LogP contribution in [0.2, 0.25) is 0 Å². The summed E-state index contributed by atoms with van der Waals surface area (Å²) in [5.41, 5.74) is 3.65. The summed E-state index contributed by atoms with van der Waals surface area (Å²) in [4.78, 5) is 21.5. The smallest absolute Gasteiger partial charge is 0.358 e. The minimum atomic E-state index is -1.14. The Morgan fingerprint density at radius 3 is 2.28 bits per heavy atom. The van der Waals surface area contributed by atoms with Gasteiger partial charge in [-0.05, 0) is 44.2 Å². The van der Waals surface area contributed by atoms with Crippen LogP contribution in [0.25, 0.3) is 0 Å². The standard InChI is InChI=1S/C26H29N3O3/c1-6-29(7-2)19-12-10-18(11-13-19)26(22-9-8-16-27-24(22)25(30)32-26)21-15-14-20(28(3)4)17-23(21)31-5/h8-17H,6-7H2,1-5H3. The number of aromatic nitrogens is 1. The fourth-order valence-corrected chi connectivity index (χ4v) is 4.41. The molecule has 0 saturated heterocycles. The van der Waals surface area contributed by atoms with Crippen molar-refractivity contribution >= 4 is 17.3 Å². The number of ether oxygens (including phenoxy) is 2. The van der Waals surface area contributed by atoms with Crippen LogP contribution in [0.1, 0.15) is 41.0 Å². The average molecular weight is 432 g/mol. The van der Waals surface area contributed by atoms with Crippen molar-refractivity contribution in [3.05, 3.63) is 83.2 Å². The second kappa shape index (κ2) is 8.54. The number of esters is 1. The van der Waals surface area contributed by atoms with Crippen LogP contribution in [-0.2, 0) is 10.3 Å². The highest BCUT2D eigenvalue weighted by Crippen LogP contribution is 2.50. The first kappa shape index (κ1) is 21.7. The van der Waals surface area contributed by atoms with Gasteiger partial charge in [0.05, 0.1) is 7.11 Å². The van der Waals surface area contributed by atoms with Crippen LogP contribution >= 0.6 is 0 Å². The molecule has 4 rings (SSSR count). The highest BCUT2D eigenvalue weighted by Gasteiger charge is 2.51. The molecule has 2 heterocycles. The molecule has 0 fully saturated rings. The Bertz CT molecular complexity index is 1120. The third kappa shape index (κ3) is 3.36. The van der Waals surface area contributed by atoms with Gasteiger partial charge in [-0.1, -0.05) is 18.2 Å². The van der Waals surface area contributed by atoms with Crippen molar-refractivity contribution in [3.63, 3.8) is 0 Å². The van der Waals surface area contributed by atoms with Gasteiger partial charge in [0, 0.05) is 67.5 Å². The first-order valence-electron chi connectivity index (χ1n) is 10.9. The third-order valence-corrected chi connectivity index (χ3v) is 6.11. The average Bonchev–Trinajstić information content (AvgIpc) is 3.13. The summed E-state index contributed by atoms with van der Waals surface area (Å²) in [6.45, 7) is 6.11. The normalized spacial score (nSPS) is 17.0. The van der Waals surface area contributed by atoms with E-state index in [1.54, 1.807) is 13.3 Å². The van der Waals surface area contributed by atoms with Gasteiger partial charge in [-0.3, -0.25) is 0 Å². The maximum absolute atomic E-state index is 12.9. The zero-order chi connectivity index (χ0) is 22.9. The molecule has 0 spiro atoms. The molecule has 1 atom stereocenters. The molecule has 1 aliphatic rings. The lowest BCUT2D eigenvalue weighted by Crippen LogP contribution is -2.30. The summed E-state index contributed by atoms with van der Waals surface area (Å²) in [7, 11) is 5.59. The number of hydrogen-bond acceptors (Lipinski definition) is 6. The van der Waals surface area contributed by atoms with Crippen LogP contribution in [0.4, 0.5) is 11.4 Å². The highest BCUT2D eigenvalue weighted by atomic mass is 16.6. The molecular weight excluding hydrogens is 402 g/mol. The molecule has 1 aromatic heterocycles. The van der Waals surface area contributed by atoms with E-state index in [1.807, 2.05) is 61.5 Å². The van der Waals surface area contributed by atoms with Crippen LogP contribution in [0, 0.1) is 0 Å². The Hall–Kier alpha value is -3.54. The van der Waals surface area contributed by atoms with E-state index < -0.39 is 11.6 Å². The van der Waals surface area contributed by atoms with Crippen LogP contribution in [-0.4, -0.2) is 45.2 Å². The zero-order valence-corrected chi connectivity index (χ0v) is 19.3. The number of nitrogens with zero attached hydrogens (tertiary/aromatic N) is 3. The Labute approximate surface area is 189 Å². The summed E-state index contributed by atoms with van der Waals surface area (Å²) >= 11 is 0. The third-order valence-electron chi connectivity index (χ3n) is 6.11. The van der Waals surface area contributed by atoms with Crippen molar-refractivity contribution in [3.8, 4) is 5.75 Å². The second-order valence-electron chi connectivity index (χ2n) is 7.97. The molecule has 32 heavy (non-hydrogen) atoms. The van der Waals surface area contributed by atoms with Gasteiger partial charge in [0.1, 0.15) is 5.75 Å². The van der Waals surface area contributed by atoms with Gasteiger partial charge >= 0.3 is 5.97 Å². The summed E-state index contributed by atoms with van der Waals surface area (Å²) in [5.74, 6) is 0.209. The largest absolute Gasteiger partial charge is 0.496 e. The second-order valence-corrected chi connectivity index (χ2v) is 7.97. The van der Waals surface area contributed by atoms with Gasteiger partial charge < -0.3 is 19.3 Å². The molecule has 0 bridgehead atoms. The topological polar surface area (TPSA) is 54.9 Å². The number of carbonyl (C=O) groups is 1. The monoisotopic (exact) mass is 431 g/mol. The molecule has 0 aliphatic carbocycles. The SMILES string of the molecule is CCN(CC)c1ccc(C2(c3ccc(N(C)C)cc3OC)OC(=O)c3ncccc32)cc1. The van der Waals surface area contributed by atoms with Crippen LogP contribution in [0.3, 0.4) is 0 Å². The molecule has 1 unspecified atom stereocenters. The first-order valence-corrected chi connectivity index (χ1v) is 10.9. The molecule has 6 nitrogen and oxygen atoms in total. The van der Waals surface area contributed by atoms with Gasteiger partial charge in [-0.2, -0.15) is 0 Å². The molecular formula is C26H29N3O3. The van der Waals surface area contributed by atoms with Crippen molar-refractivity contribution in [2.75, 3.05) is 44.1 Å². The van der Waals surface area contributed by atoms with Crippen molar-refractivity contribution in [1.82, 2.24) is 4.98 Å². The summed E-state index contributed by atoms with van der Waals surface area (Å²) in [6.07, 6.45) is 1.62. The lowest BCUT2D eigenvalue weighted by atomic mass is 9.80. The molecule has 0 amide bonds. The van der Waals surface area contributed by atoms with Crippen molar-refractivity contribution in [2.24, 2.45) is 0 Å². The molecule has 6 heteroatoms. The lowest BCUT2D eigenvalue weighted by molar-refractivity contribution is 0.0242. The fourth-order valence-electron chi connectivity index (χ4n) is 4.41. The number of cyclic esters (lactones) is 1. The maximum atomic E-state index is 12.9. The van der Waals surface area contributed by atoms with E-state index in [1.165, 1.54) is 0 Å². The van der Waals surface area contributed by atoms with Crippen molar-refractivity contribution in [1.29, 1.82) is 0 Å². The van der Waals surface area contributed by atoms with Crippen LogP contribution in [0.5, 0.6) is 5.75 Å². The number of anilines is 2. The van der Waals surface area contributed by atoms with E-state index >= 15 is 0 Å². The van der Waals surface area contributed by atoms with Crippen molar-refractivity contribution in [2.45, 2.75) is 19.4 Å². The number of hydrogen-bond donors (Lipinski definition) is 0. The molecule has 166 valence electrons. The minimum Gasteiger partial charge on any atom is -0.496 e. The Kier molecular flexibility index (Phi) is 5.78. The van der Waals surface area contributed by atoms with Gasteiger partial charge in [0.15, 0.2) is 11.3 Å². The van der Waals surface area contributed by atoms with E-state index in [0.717, 1.165) is 41.2 Å². The Morgan fingerprint density at radius 1 is 0.969 bits per heavy atom. The number of methoxy groups -OCH3 is 1. The summed E-state index contributed by atoms with van der Waals surface area (Å²) in [5, 5.41) is 0. The van der Waals surface area contributed by atoms with E-state index in [0.29, 0.717) is 11.4 Å². The van der Waals surface area contributed by atoms with E-state index in [-0.39, 0.29) is 0 Å². The van der Waals surface area contributed by atoms with Gasteiger partial charge in [-0.25, -0.2) is 9.78 Å². The molecule has 0 radical (unpaired) electrons. The number of benzene rings is 2. The first-order chi connectivity index (χ1) is 15.5. The van der Waals surface area contributed by atoms with Crippen molar-refractivity contribution < 1.29 is 14.3 Å². The van der Waals surface area contributed by atoms with E-state index in [4.69, 9.17) is 9.47 Å². The van der Waals surface area contributed by atoms with Gasteiger partial charge in [0.2, 0.25) is 0 Å². The number of fused-ring (bicyclic) bond motifs is 1. The predicted octanol–water partition coefficient (Wildman–Crippen LogP) is 4.46. The maximum Gasteiger partial charge on any atom is 0.358 e. The Morgan fingerprint density at radius 2 is 1.66 bits per heavy atom.